The molecule has 0 aliphatic rings. The molecule has 1 N–H and O–H groups in total. The van der Waals surface area contributed by atoms with Crippen molar-refractivity contribution >= 4 is 29.6 Å². The number of halogens is 1. The van der Waals surface area contributed by atoms with E-state index in [9.17, 15) is 9.59 Å². The van der Waals surface area contributed by atoms with Crippen molar-refractivity contribution in [3.8, 4) is 0 Å². The number of hydrogen-bond donors (Lipinski definition) is 1. The van der Waals surface area contributed by atoms with Crippen LogP contribution in [0.25, 0.3) is 6.08 Å². The van der Waals surface area contributed by atoms with Gasteiger partial charge in [-0.05, 0) is 29.7 Å². The second kappa shape index (κ2) is 10.4. The number of benzene rings is 2. The lowest BCUT2D eigenvalue weighted by Gasteiger charge is -2.18. The summed E-state index contributed by atoms with van der Waals surface area (Å²) in [5.41, 5.74) is 1.75. The fourth-order valence-corrected chi connectivity index (χ4v) is 2.68. The van der Waals surface area contributed by atoms with Crippen molar-refractivity contribution in [3.05, 3.63) is 76.8 Å². The summed E-state index contributed by atoms with van der Waals surface area (Å²) < 4.78 is 5.00. The average Bonchev–Trinajstić information content (AvgIpc) is 2.66. The fraction of sp³-hybridized carbons (Fsp3) is 0.238. The van der Waals surface area contributed by atoms with Crippen LogP contribution >= 0.6 is 11.6 Å². The molecule has 136 valence electrons. The highest BCUT2D eigenvalue weighted by Crippen LogP contribution is 2.18. The summed E-state index contributed by atoms with van der Waals surface area (Å²) >= 11 is 6.01. The number of nitrogens with one attached hydrogen (secondary N) is 1. The van der Waals surface area contributed by atoms with E-state index in [2.05, 4.69) is 12.2 Å². The molecule has 0 aromatic heterocycles. The third-order valence-electron chi connectivity index (χ3n) is 3.76. The summed E-state index contributed by atoms with van der Waals surface area (Å²) in [5.74, 6) is -0.918. The number of esters is 1. The molecule has 2 aromatic rings. The zero-order valence-corrected chi connectivity index (χ0v) is 15.4. The second-order valence-corrected chi connectivity index (χ2v) is 6.19. The van der Waals surface area contributed by atoms with Gasteiger partial charge in [0, 0.05) is 11.1 Å². The molecule has 0 aliphatic heterocycles. The van der Waals surface area contributed by atoms with Crippen LogP contribution in [0.15, 0.2) is 60.7 Å². The van der Waals surface area contributed by atoms with Gasteiger partial charge in [0.05, 0.1) is 6.04 Å². The summed E-state index contributed by atoms with van der Waals surface area (Å²) in [5, 5.41) is 3.45. The maximum absolute atomic E-state index is 12.1. The Hall–Kier alpha value is -2.59. The van der Waals surface area contributed by atoms with Gasteiger partial charge < -0.3 is 10.1 Å². The Bertz CT molecular complexity index is 759. The maximum atomic E-state index is 12.1. The number of carbonyl (C=O) groups is 2. The van der Waals surface area contributed by atoms with Crippen LogP contribution in [-0.4, -0.2) is 18.5 Å². The number of amides is 1. The van der Waals surface area contributed by atoms with Crippen molar-refractivity contribution in [2.75, 3.05) is 6.61 Å². The molecule has 0 fully saturated rings. The minimum Gasteiger partial charge on any atom is -0.452 e. The largest absolute Gasteiger partial charge is 0.452 e. The highest BCUT2D eigenvalue weighted by atomic mass is 35.5. The summed E-state index contributed by atoms with van der Waals surface area (Å²) in [7, 11) is 0. The Morgan fingerprint density at radius 2 is 1.81 bits per heavy atom. The minimum absolute atomic E-state index is 0.0916. The molecule has 0 saturated heterocycles. The van der Waals surface area contributed by atoms with E-state index in [1.54, 1.807) is 18.2 Å². The van der Waals surface area contributed by atoms with Crippen LogP contribution in [0.4, 0.5) is 0 Å². The summed E-state index contributed by atoms with van der Waals surface area (Å²) in [4.78, 5) is 23.9. The van der Waals surface area contributed by atoms with Gasteiger partial charge >= 0.3 is 5.97 Å². The Morgan fingerprint density at radius 3 is 2.50 bits per heavy atom. The zero-order chi connectivity index (χ0) is 18.8. The third kappa shape index (κ3) is 6.37. The van der Waals surface area contributed by atoms with E-state index in [0.717, 1.165) is 18.4 Å². The van der Waals surface area contributed by atoms with Gasteiger partial charge in [-0.15, -0.1) is 0 Å². The van der Waals surface area contributed by atoms with Crippen LogP contribution in [0.5, 0.6) is 0 Å². The number of hydrogen-bond acceptors (Lipinski definition) is 3. The Labute approximate surface area is 158 Å². The Balaban J connectivity index is 1.85. The molecule has 0 radical (unpaired) electrons. The molecule has 5 heteroatoms. The smallest absolute Gasteiger partial charge is 0.331 e. The predicted octanol–water partition coefficient (Wildman–Crippen LogP) is 4.55. The van der Waals surface area contributed by atoms with Crippen molar-refractivity contribution in [2.24, 2.45) is 0 Å². The topological polar surface area (TPSA) is 55.4 Å². The van der Waals surface area contributed by atoms with E-state index in [1.165, 1.54) is 6.08 Å². The van der Waals surface area contributed by atoms with Crippen LogP contribution in [0.3, 0.4) is 0 Å². The first-order valence-electron chi connectivity index (χ1n) is 8.54. The third-order valence-corrected chi connectivity index (χ3v) is 4.11. The van der Waals surface area contributed by atoms with Crippen LogP contribution in [-0.2, 0) is 14.3 Å². The van der Waals surface area contributed by atoms with E-state index in [1.807, 2.05) is 42.5 Å². The Morgan fingerprint density at radius 1 is 1.12 bits per heavy atom. The van der Waals surface area contributed by atoms with E-state index < -0.39 is 5.97 Å². The molecule has 26 heavy (non-hydrogen) atoms. The van der Waals surface area contributed by atoms with Gasteiger partial charge in [-0.2, -0.15) is 0 Å². The van der Waals surface area contributed by atoms with Gasteiger partial charge in [0.1, 0.15) is 0 Å². The van der Waals surface area contributed by atoms with E-state index in [4.69, 9.17) is 16.3 Å². The first-order valence-corrected chi connectivity index (χ1v) is 8.91. The van der Waals surface area contributed by atoms with Crippen LogP contribution in [0, 0.1) is 0 Å². The fourth-order valence-electron chi connectivity index (χ4n) is 2.49. The first-order chi connectivity index (χ1) is 12.6. The van der Waals surface area contributed by atoms with Gasteiger partial charge in [-0.25, -0.2) is 4.79 Å². The van der Waals surface area contributed by atoms with Crippen molar-refractivity contribution in [3.63, 3.8) is 0 Å². The number of rotatable bonds is 8. The second-order valence-electron chi connectivity index (χ2n) is 5.78. The summed E-state index contributed by atoms with van der Waals surface area (Å²) in [6, 6.07) is 16.8. The van der Waals surface area contributed by atoms with E-state index in [-0.39, 0.29) is 18.6 Å². The molecule has 0 saturated carbocycles. The van der Waals surface area contributed by atoms with Crippen molar-refractivity contribution < 1.29 is 14.3 Å². The summed E-state index contributed by atoms with van der Waals surface area (Å²) in [6.45, 7) is 1.74. The highest BCUT2D eigenvalue weighted by molar-refractivity contribution is 6.32. The quantitative estimate of drug-likeness (QED) is 0.547. The van der Waals surface area contributed by atoms with Crippen molar-refractivity contribution in [1.29, 1.82) is 0 Å². The monoisotopic (exact) mass is 371 g/mol. The lowest BCUT2D eigenvalue weighted by molar-refractivity contribution is -0.144. The van der Waals surface area contributed by atoms with Crippen LogP contribution < -0.4 is 5.32 Å². The van der Waals surface area contributed by atoms with Gasteiger partial charge in [0.25, 0.3) is 5.91 Å². The lowest BCUT2D eigenvalue weighted by atomic mass is 10.0. The first kappa shape index (κ1) is 19.7. The summed E-state index contributed by atoms with van der Waals surface area (Å²) in [6.07, 6.45) is 4.57. The number of ether oxygens (including phenoxy) is 1. The molecule has 2 rings (SSSR count). The molecule has 1 atom stereocenters. The van der Waals surface area contributed by atoms with Crippen LogP contribution in [0.2, 0.25) is 5.02 Å². The van der Waals surface area contributed by atoms with E-state index in [0.29, 0.717) is 10.6 Å². The van der Waals surface area contributed by atoms with E-state index >= 15 is 0 Å². The lowest BCUT2D eigenvalue weighted by Crippen LogP contribution is -2.32. The molecule has 4 nitrogen and oxygen atoms in total. The van der Waals surface area contributed by atoms with Gasteiger partial charge in [-0.1, -0.05) is 73.5 Å². The van der Waals surface area contributed by atoms with Gasteiger partial charge in [-0.3, -0.25) is 4.79 Å². The normalized spacial score (nSPS) is 11.9. The average molecular weight is 372 g/mol. The maximum Gasteiger partial charge on any atom is 0.331 e. The molecular weight excluding hydrogens is 350 g/mol. The molecule has 0 aliphatic carbocycles. The highest BCUT2D eigenvalue weighted by Gasteiger charge is 2.14. The molecule has 2 aromatic carbocycles. The number of carbonyl (C=O) groups excluding carboxylic acids is 2. The predicted molar refractivity (Wildman–Crippen MR) is 104 cm³/mol. The van der Waals surface area contributed by atoms with Crippen molar-refractivity contribution in [2.45, 2.75) is 25.8 Å². The molecule has 0 bridgehead atoms. The van der Waals surface area contributed by atoms with Crippen molar-refractivity contribution in [1.82, 2.24) is 5.32 Å². The SMILES string of the molecule is CCC[C@@H](NC(=O)COC(=O)/C=C/c1ccccc1Cl)c1ccccc1. The Kier molecular flexibility index (Phi) is 7.90. The van der Waals surface area contributed by atoms with Gasteiger partial charge in [0.15, 0.2) is 6.61 Å². The zero-order valence-electron chi connectivity index (χ0n) is 14.7. The standard InChI is InChI=1S/C21H22ClNO3/c1-2-8-19(17-10-4-3-5-11-17)23-20(24)15-26-21(25)14-13-16-9-6-7-12-18(16)22/h3-7,9-14,19H,2,8,15H2,1H3,(H,23,24)/b14-13+/t19-/m1/s1. The molecule has 0 heterocycles. The molecule has 0 unspecified atom stereocenters. The minimum atomic E-state index is -0.591. The molecule has 1 amide bonds. The molecule has 0 spiro atoms. The molecular formula is C21H22ClNO3. The van der Waals surface area contributed by atoms with Crippen LogP contribution in [0.1, 0.15) is 36.9 Å². The van der Waals surface area contributed by atoms with Gasteiger partial charge in [0.2, 0.25) is 0 Å².